The van der Waals surface area contributed by atoms with Crippen LogP contribution in [0.1, 0.15) is 34.0 Å². The molecule has 2 aromatic carbocycles. The number of carbonyl (C=O) groups is 2. The third-order valence-electron chi connectivity index (χ3n) is 3.71. The Labute approximate surface area is 151 Å². The summed E-state index contributed by atoms with van der Waals surface area (Å²) in [6.45, 7) is 3.34. The summed E-state index contributed by atoms with van der Waals surface area (Å²) in [6.07, 6.45) is -1.16. The van der Waals surface area contributed by atoms with Gasteiger partial charge in [0.2, 0.25) is 0 Å². The zero-order valence-corrected chi connectivity index (χ0v) is 14.5. The number of benzene rings is 2. The number of rotatable bonds is 4. The number of hydrogen-bond donors (Lipinski definition) is 4. The van der Waals surface area contributed by atoms with Crippen LogP contribution < -0.4 is 10.8 Å². The summed E-state index contributed by atoms with van der Waals surface area (Å²) in [6, 6.07) is 13.1. The van der Waals surface area contributed by atoms with Crippen LogP contribution >= 0.6 is 0 Å². The normalized spacial score (nSPS) is 12.3. The molecular weight excluding hydrogens is 332 g/mol. The minimum absolute atomic E-state index is 0.308. The van der Waals surface area contributed by atoms with Crippen LogP contribution in [0.3, 0.4) is 0 Å². The second-order valence-electron chi connectivity index (χ2n) is 5.86. The van der Waals surface area contributed by atoms with Crippen molar-refractivity contribution in [2.75, 3.05) is 0 Å². The van der Waals surface area contributed by atoms with Gasteiger partial charge in [0.15, 0.2) is 0 Å². The molecule has 0 spiro atoms. The topological polar surface area (TPSA) is 98.7 Å². The maximum atomic E-state index is 12.2. The molecule has 0 saturated carbocycles. The van der Waals surface area contributed by atoms with E-state index in [9.17, 15) is 14.7 Å². The first-order valence-electron chi connectivity index (χ1n) is 8.02. The van der Waals surface area contributed by atoms with Crippen molar-refractivity contribution in [1.29, 1.82) is 0 Å². The van der Waals surface area contributed by atoms with E-state index >= 15 is 0 Å². The van der Waals surface area contributed by atoms with E-state index in [1.54, 1.807) is 24.3 Å². The van der Waals surface area contributed by atoms with E-state index in [1.807, 2.05) is 31.2 Å². The van der Waals surface area contributed by atoms with E-state index in [0.717, 1.165) is 16.7 Å². The van der Waals surface area contributed by atoms with Gasteiger partial charge in [-0.3, -0.25) is 14.8 Å². The summed E-state index contributed by atoms with van der Waals surface area (Å²) in [5.74, 6) is 4.62. The Bertz CT molecular complexity index is 831. The van der Waals surface area contributed by atoms with Crippen molar-refractivity contribution in [2.24, 2.45) is 0 Å². The lowest BCUT2D eigenvalue weighted by Gasteiger charge is -2.19. The van der Waals surface area contributed by atoms with Crippen LogP contribution in [0.15, 0.2) is 48.5 Å². The molecule has 4 N–H and O–H groups in total. The lowest BCUT2D eigenvalue weighted by molar-refractivity contribution is -0.133. The fraction of sp³-hybridized carbons (Fsp3) is 0.200. The van der Waals surface area contributed by atoms with Crippen molar-refractivity contribution >= 4 is 11.8 Å². The molecular formula is C20H20N2O4. The standard InChI is InChI=1S/C20H20N2O4/c1-13-3-5-15(6-4-13)7-8-16-9-11-17(12-10-16)19(24)21-18(14(2)23)20(25)22-26/h3-6,9-12,14,18,23,26H,1-2H3,(H,21,24)(H,22,25)/t14-,18+/m1/s1. The number of aliphatic hydroxyl groups is 1. The monoisotopic (exact) mass is 352 g/mol. The fourth-order valence-corrected chi connectivity index (χ4v) is 2.19. The number of carbonyl (C=O) groups excluding carboxylic acids is 2. The first kappa shape index (κ1) is 19.2. The van der Waals surface area contributed by atoms with Crippen LogP contribution in [0.25, 0.3) is 0 Å². The quantitative estimate of drug-likeness (QED) is 0.380. The number of hydroxylamine groups is 1. The van der Waals surface area contributed by atoms with Gasteiger partial charge in [0.05, 0.1) is 6.10 Å². The molecule has 0 unspecified atom stereocenters. The van der Waals surface area contributed by atoms with Crippen molar-refractivity contribution in [1.82, 2.24) is 10.8 Å². The van der Waals surface area contributed by atoms with Gasteiger partial charge in [-0.1, -0.05) is 29.5 Å². The number of amides is 2. The second kappa shape index (κ2) is 8.81. The second-order valence-corrected chi connectivity index (χ2v) is 5.86. The average molecular weight is 352 g/mol. The van der Waals surface area contributed by atoms with Gasteiger partial charge in [-0.15, -0.1) is 0 Å². The summed E-state index contributed by atoms with van der Waals surface area (Å²) in [5, 5.41) is 20.6. The lowest BCUT2D eigenvalue weighted by Crippen LogP contribution is -2.51. The maximum absolute atomic E-state index is 12.2. The number of hydrogen-bond acceptors (Lipinski definition) is 4. The van der Waals surface area contributed by atoms with Crippen molar-refractivity contribution in [3.05, 3.63) is 70.8 Å². The molecule has 0 aliphatic rings. The largest absolute Gasteiger partial charge is 0.391 e. The first-order valence-corrected chi connectivity index (χ1v) is 8.02. The van der Waals surface area contributed by atoms with Crippen molar-refractivity contribution in [2.45, 2.75) is 26.0 Å². The molecule has 0 aliphatic heterocycles. The summed E-state index contributed by atoms with van der Waals surface area (Å²) in [5.41, 5.74) is 4.52. The van der Waals surface area contributed by atoms with Gasteiger partial charge in [-0.05, 0) is 50.2 Å². The van der Waals surface area contributed by atoms with Gasteiger partial charge >= 0.3 is 0 Å². The molecule has 26 heavy (non-hydrogen) atoms. The molecule has 6 nitrogen and oxygen atoms in total. The predicted molar refractivity (Wildman–Crippen MR) is 96.5 cm³/mol. The third kappa shape index (κ3) is 5.18. The van der Waals surface area contributed by atoms with E-state index in [2.05, 4.69) is 17.2 Å². The Hall–Kier alpha value is -3.14. The zero-order chi connectivity index (χ0) is 19.1. The maximum Gasteiger partial charge on any atom is 0.268 e. The Morgan fingerprint density at radius 3 is 1.92 bits per heavy atom. The van der Waals surface area contributed by atoms with E-state index in [0.29, 0.717) is 5.56 Å². The molecule has 0 radical (unpaired) electrons. The van der Waals surface area contributed by atoms with Crippen molar-refractivity contribution < 1.29 is 19.9 Å². The molecule has 0 fully saturated rings. The molecule has 2 aromatic rings. The molecule has 0 saturated heterocycles. The summed E-state index contributed by atoms with van der Waals surface area (Å²) in [7, 11) is 0. The van der Waals surface area contributed by atoms with Crippen molar-refractivity contribution in [3.63, 3.8) is 0 Å². The van der Waals surface area contributed by atoms with Gasteiger partial charge in [0.25, 0.3) is 11.8 Å². The molecule has 2 amide bonds. The Morgan fingerprint density at radius 2 is 1.46 bits per heavy atom. The Balaban J connectivity index is 2.08. The van der Waals surface area contributed by atoms with Gasteiger partial charge in [0.1, 0.15) is 6.04 Å². The first-order chi connectivity index (χ1) is 12.4. The molecule has 2 atom stereocenters. The summed E-state index contributed by atoms with van der Waals surface area (Å²) >= 11 is 0. The Morgan fingerprint density at radius 1 is 0.962 bits per heavy atom. The molecule has 0 aromatic heterocycles. The van der Waals surface area contributed by atoms with Crippen LogP contribution in [0.5, 0.6) is 0 Å². The molecule has 0 aliphatic carbocycles. The highest BCUT2D eigenvalue weighted by molar-refractivity contribution is 5.97. The number of nitrogens with one attached hydrogen (secondary N) is 2. The minimum Gasteiger partial charge on any atom is -0.391 e. The number of aliphatic hydroxyl groups excluding tert-OH is 1. The Kier molecular flexibility index (Phi) is 6.50. The fourth-order valence-electron chi connectivity index (χ4n) is 2.19. The smallest absolute Gasteiger partial charge is 0.268 e. The van der Waals surface area contributed by atoms with Crippen LogP contribution in [-0.4, -0.2) is 34.3 Å². The SMILES string of the molecule is Cc1ccc(C#Cc2ccc(C(=O)N[C@H](C(=O)NO)[C@@H](C)O)cc2)cc1. The summed E-state index contributed by atoms with van der Waals surface area (Å²) in [4.78, 5) is 23.6. The average Bonchev–Trinajstić information content (AvgIpc) is 2.65. The van der Waals surface area contributed by atoms with Gasteiger partial charge in [-0.2, -0.15) is 0 Å². The number of aryl methyl sites for hydroxylation is 1. The van der Waals surface area contributed by atoms with Crippen LogP contribution in [0.2, 0.25) is 0 Å². The van der Waals surface area contributed by atoms with Crippen LogP contribution in [0, 0.1) is 18.8 Å². The lowest BCUT2D eigenvalue weighted by atomic mass is 10.1. The van der Waals surface area contributed by atoms with Gasteiger partial charge < -0.3 is 10.4 Å². The van der Waals surface area contributed by atoms with Crippen molar-refractivity contribution in [3.8, 4) is 11.8 Å². The van der Waals surface area contributed by atoms with Crippen LogP contribution in [-0.2, 0) is 4.79 Å². The highest BCUT2D eigenvalue weighted by atomic mass is 16.5. The van der Waals surface area contributed by atoms with E-state index < -0.39 is 24.0 Å². The molecule has 134 valence electrons. The van der Waals surface area contributed by atoms with Gasteiger partial charge in [0, 0.05) is 16.7 Å². The minimum atomic E-state index is -1.26. The molecule has 2 rings (SSSR count). The van der Waals surface area contributed by atoms with E-state index in [4.69, 9.17) is 5.21 Å². The molecule has 6 heteroatoms. The highest BCUT2D eigenvalue weighted by Crippen LogP contribution is 2.06. The van der Waals surface area contributed by atoms with Crippen LogP contribution in [0.4, 0.5) is 0 Å². The highest BCUT2D eigenvalue weighted by Gasteiger charge is 2.25. The van der Waals surface area contributed by atoms with E-state index in [1.165, 1.54) is 12.4 Å². The third-order valence-corrected chi connectivity index (χ3v) is 3.71. The zero-order valence-electron chi connectivity index (χ0n) is 14.5. The van der Waals surface area contributed by atoms with E-state index in [-0.39, 0.29) is 0 Å². The molecule has 0 heterocycles. The molecule has 0 bridgehead atoms. The predicted octanol–water partition coefficient (Wildman–Crippen LogP) is 1.38. The summed E-state index contributed by atoms with van der Waals surface area (Å²) < 4.78 is 0. The van der Waals surface area contributed by atoms with Gasteiger partial charge in [-0.25, -0.2) is 5.48 Å².